The molecule has 1 aromatic heterocycles. The standard InChI is InChI=1S/C11H10ClN3O/c1-16-9-4-2-3-8(5-9)15-11-6-10(12)13-7-14-11/h2-7H,1H3,(H,13,14,15). The maximum absolute atomic E-state index is 5.75. The Morgan fingerprint density at radius 1 is 1.25 bits per heavy atom. The molecule has 0 unspecified atom stereocenters. The van der Waals surface area contributed by atoms with Crippen LogP contribution in [0.25, 0.3) is 0 Å². The van der Waals surface area contributed by atoms with Crippen molar-refractivity contribution in [1.82, 2.24) is 9.97 Å². The summed E-state index contributed by atoms with van der Waals surface area (Å²) in [6.45, 7) is 0. The molecule has 5 heteroatoms. The minimum absolute atomic E-state index is 0.403. The molecule has 16 heavy (non-hydrogen) atoms. The van der Waals surface area contributed by atoms with E-state index >= 15 is 0 Å². The zero-order valence-electron chi connectivity index (χ0n) is 8.64. The van der Waals surface area contributed by atoms with E-state index in [0.29, 0.717) is 11.0 Å². The molecule has 1 aromatic carbocycles. The van der Waals surface area contributed by atoms with Gasteiger partial charge in [0.15, 0.2) is 0 Å². The first-order chi connectivity index (χ1) is 7.78. The summed E-state index contributed by atoms with van der Waals surface area (Å²) in [4.78, 5) is 7.85. The van der Waals surface area contributed by atoms with E-state index in [4.69, 9.17) is 16.3 Å². The third-order valence-electron chi connectivity index (χ3n) is 1.98. The van der Waals surface area contributed by atoms with Gasteiger partial charge in [0.25, 0.3) is 0 Å². The first-order valence-electron chi connectivity index (χ1n) is 4.66. The highest BCUT2D eigenvalue weighted by molar-refractivity contribution is 6.29. The second kappa shape index (κ2) is 4.81. The highest BCUT2D eigenvalue weighted by Crippen LogP contribution is 2.20. The summed E-state index contributed by atoms with van der Waals surface area (Å²) in [7, 11) is 1.63. The molecular formula is C11H10ClN3O. The Bertz CT molecular complexity index is 490. The fraction of sp³-hybridized carbons (Fsp3) is 0.0909. The first-order valence-corrected chi connectivity index (χ1v) is 5.04. The van der Waals surface area contributed by atoms with Crippen molar-refractivity contribution >= 4 is 23.1 Å². The van der Waals surface area contributed by atoms with Crippen LogP contribution in [0.2, 0.25) is 5.15 Å². The molecular weight excluding hydrogens is 226 g/mol. The van der Waals surface area contributed by atoms with E-state index in [1.807, 2.05) is 24.3 Å². The van der Waals surface area contributed by atoms with E-state index in [-0.39, 0.29) is 0 Å². The summed E-state index contributed by atoms with van der Waals surface area (Å²) in [5.74, 6) is 1.43. The number of ether oxygens (including phenoxy) is 1. The van der Waals surface area contributed by atoms with E-state index in [1.54, 1.807) is 13.2 Å². The van der Waals surface area contributed by atoms with E-state index in [9.17, 15) is 0 Å². The highest BCUT2D eigenvalue weighted by Gasteiger charge is 1.98. The largest absolute Gasteiger partial charge is 0.497 e. The number of nitrogens with one attached hydrogen (secondary N) is 1. The molecule has 0 radical (unpaired) electrons. The van der Waals surface area contributed by atoms with Gasteiger partial charge in [0, 0.05) is 17.8 Å². The van der Waals surface area contributed by atoms with Gasteiger partial charge in [0.2, 0.25) is 0 Å². The van der Waals surface area contributed by atoms with Crippen LogP contribution >= 0.6 is 11.6 Å². The molecule has 2 aromatic rings. The van der Waals surface area contributed by atoms with Gasteiger partial charge in [0.05, 0.1) is 7.11 Å². The SMILES string of the molecule is COc1cccc(Nc2cc(Cl)ncn2)c1. The highest BCUT2D eigenvalue weighted by atomic mass is 35.5. The van der Waals surface area contributed by atoms with Gasteiger partial charge in [-0.15, -0.1) is 0 Å². The lowest BCUT2D eigenvalue weighted by Gasteiger charge is -2.06. The maximum atomic E-state index is 5.75. The van der Waals surface area contributed by atoms with Crippen LogP contribution < -0.4 is 10.1 Å². The Balaban J connectivity index is 2.20. The van der Waals surface area contributed by atoms with Crippen LogP contribution in [0.15, 0.2) is 36.7 Å². The van der Waals surface area contributed by atoms with Crippen molar-refractivity contribution in [1.29, 1.82) is 0 Å². The zero-order valence-corrected chi connectivity index (χ0v) is 9.40. The summed E-state index contributed by atoms with van der Waals surface area (Å²) in [6, 6.07) is 9.21. The van der Waals surface area contributed by atoms with Crippen molar-refractivity contribution in [2.24, 2.45) is 0 Å². The fourth-order valence-electron chi connectivity index (χ4n) is 1.25. The maximum Gasteiger partial charge on any atom is 0.135 e. The normalized spacial score (nSPS) is 9.88. The van der Waals surface area contributed by atoms with Gasteiger partial charge in [-0.05, 0) is 12.1 Å². The number of nitrogens with zero attached hydrogens (tertiary/aromatic N) is 2. The molecule has 0 bridgehead atoms. The second-order valence-electron chi connectivity index (χ2n) is 3.08. The second-order valence-corrected chi connectivity index (χ2v) is 3.47. The number of methoxy groups -OCH3 is 1. The topological polar surface area (TPSA) is 47.0 Å². The molecule has 4 nitrogen and oxygen atoms in total. The summed E-state index contributed by atoms with van der Waals surface area (Å²) in [5, 5.41) is 3.51. The van der Waals surface area contributed by atoms with Crippen LogP contribution in [0.5, 0.6) is 5.75 Å². The van der Waals surface area contributed by atoms with Gasteiger partial charge < -0.3 is 10.1 Å². The van der Waals surface area contributed by atoms with Gasteiger partial charge >= 0.3 is 0 Å². The number of aromatic nitrogens is 2. The number of anilines is 2. The lowest BCUT2D eigenvalue weighted by Crippen LogP contribution is -1.94. The number of rotatable bonds is 3. The summed E-state index contributed by atoms with van der Waals surface area (Å²) in [6.07, 6.45) is 1.41. The predicted molar refractivity (Wildman–Crippen MR) is 63.3 cm³/mol. The zero-order chi connectivity index (χ0) is 11.4. The number of hydrogen-bond donors (Lipinski definition) is 1. The minimum atomic E-state index is 0.403. The van der Waals surface area contributed by atoms with Crippen LogP contribution in [0.1, 0.15) is 0 Å². The molecule has 0 aliphatic carbocycles. The molecule has 82 valence electrons. The van der Waals surface area contributed by atoms with Crippen LogP contribution in [-0.2, 0) is 0 Å². The molecule has 0 fully saturated rings. The number of benzene rings is 1. The average Bonchev–Trinajstić information content (AvgIpc) is 2.29. The summed E-state index contributed by atoms with van der Waals surface area (Å²) < 4.78 is 5.12. The molecule has 0 saturated carbocycles. The molecule has 0 aliphatic rings. The third kappa shape index (κ3) is 2.61. The first kappa shape index (κ1) is 10.7. The van der Waals surface area contributed by atoms with Gasteiger partial charge in [-0.3, -0.25) is 0 Å². The Morgan fingerprint density at radius 2 is 2.12 bits per heavy atom. The van der Waals surface area contributed by atoms with E-state index in [0.717, 1.165) is 11.4 Å². The molecule has 1 heterocycles. The average molecular weight is 236 g/mol. The van der Waals surface area contributed by atoms with Crippen molar-refractivity contribution in [3.63, 3.8) is 0 Å². The monoisotopic (exact) mass is 235 g/mol. The van der Waals surface area contributed by atoms with Gasteiger partial charge in [-0.1, -0.05) is 17.7 Å². The summed E-state index contributed by atoms with van der Waals surface area (Å²) >= 11 is 5.75. The lowest BCUT2D eigenvalue weighted by atomic mass is 10.3. The van der Waals surface area contributed by atoms with Crippen LogP contribution in [0, 0.1) is 0 Å². The Kier molecular flexibility index (Phi) is 3.22. The van der Waals surface area contributed by atoms with Crippen LogP contribution in [0.3, 0.4) is 0 Å². The van der Waals surface area contributed by atoms with Crippen molar-refractivity contribution in [2.75, 3.05) is 12.4 Å². The molecule has 0 spiro atoms. The lowest BCUT2D eigenvalue weighted by molar-refractivity contribution is 0.415. The molecule has 2 rings (SSSR count). The fourth-order valence-corrected chi connectivity index (χ4v) is 1.40. The minimum Gasteiger partial charge on any atom is -0.497 e. The smallest absolute Gasteiger partial charge is 0.135 e. The van der Waals surface area contributed by atoms with Crippen molar-refractivity contribution in [3.8, 4) is 5.75 Å². The van der Waals surface area contributed by atoms with E-state index in [2.05, 4.69) is 15.3 Å². The number of hydrogen-bond acceptors (Lipinski definition) is 4. The Morgan fingerprint density at radius 3 is 2.88 bits per heavy atom. The molecule has 0 aliphatic heterocycles. The summed E-state index contributed by atoms with van der Waals surface area (Å²) in [5.41, 5.74) is 0.883. The quantitative estimate of drug-likeness (QED) is 0.831. The van der Waals surface area contributed by atoms with E-state index < -0.39 is 0 Å². The Labute approximate surface area is 98.3 Å². The van der Waals surface area contributed by atoms with Crippen molar-refractivity contribution in [2.45, 2.75) is 0 Å². The van der Waals surface area contributed by atoms with Crippen LogP contribution in [-0.4, -0.2) is 17.1 Å². The van der Waals surface area contributed by atoms with Gasteiger partial charge in [-0.25, -0.2) is 9.97 Å². The molecule has 0 atom stereocenters. The number of halogens is 1. The molecule has 1 N–H and O–H groups in total. The van der Waals surface area contributed by atoms with Crippen molar-refractivity contribution < 1.29 is 4.74 Å². The van der Waals surface area contributed by atoms with Crippen LogP contribution in [0.4, 0.5) is 11.5 Å². The third-order valence-corrected chi connectivity index (χ3v) is 2.18. The van der Waals surface area contributed by atoms with Crippen molar-refractivity contribution in [3.05, 3.63) is 41.8 Å². The predicted octanol–water partition coefficient (Wildman–Crippen LogP) is 2.88. The molecule has 0 saturated heterocycles. The van der Waals surface area contributed by atoms with Gasteiger partial charge in [-0.2, -0.15) is 0 Å². The van der Waals surface area contributed by atoms with Gasteiger partial charge in [0.1, 0.15) is 23.0 Å². The Hall–Kier alpha value is -1.81. The van der Waals surface area contributed by atoms with E-state index in [1.165, 1.54) is 6.33 Å². The molecule has 0 amide bonds.